The van der Waals surface area contributed by atoms with Crippen molar-refractivity contribution in [2.24, 2.45) is 29.6 Å². The number of hydrogen-bond donors (Lipinski definition) is 2. The maximum absolute atomic E-state index is 14.0. The molecular weight excluding hydrogens is 658 g/mol. The first kappa shape index (κ1) is 30.3. The average Bonchev–Trinajstić information content (AvgIpc) is 3.80. The van der Waals surface area contributed by atoms with E-state index in [-0.39, 0.29) is 64.0 Å². The van der Waals surface area contributed by atoms with Crippen LogP contribution in [0.5, 0.6) is 11.5 Å². The van der Waals surface area contributed by atoms with Gasteiger partial charge in [-0.05, 0) is 85.2 Å². The van der Waals surface area contributed by atoms with E-state index in [4.69, 9.17) is 21.1 Å². The molecular formula is C35H30ClN3O6S2. The molecule has 2 aliphatic heterocycles. The lowest BCUT2D eigenvalue weighted by Gasteiger charge is -2.43. The molecule has 3 heterocycles. The van der Waals surface area contributed by atoms with Crippen molar-refractivity contribution in [1.82, 2.24) is 4.98 Å². The minimum absolute atomic E-state index is 0.00454. The molecule has 0 spiro atoms. The largest absolute Gasteiger partial charge is 0.490 e. The van der Waals surface area contributed by atoms with Gasteiger partial charge in [0.2, 0.25) is 11.8 Å². The van der Waals surface area contributed by atoms with E-state index in [1.807, 2.05) is 43.3 Å². The van der Waals surface area contributed by atoms with Gasteiger partial charge in [-0.3, -0.25) is 24.1 Å². The van der Waals surface area contributed by atoms with Crippen molar-refractivity contribution in [2.45, 2.75) is 29.5 Å². The van der Waals surface area contributed by atoms with E-state index in [0.29, 0.717) is 34.5 Å². The van der Waals surface area contributed by atoms with Crippen LogP contribution in [0.25, 0.3) is 0 Å². The molecule has 3 aromatic carbocycles. The fourth-order valence-corrected chi connectivity index (χ4v) is 11.2. The number of fused-ring (bicyclic) bond motifs is 9. The topological polar surface area (TPSA) is 118 Å². The standard InChI is InChI=1S/C35H30ClN3O6S2/c1-2-44-24-14-17(8-13-23(24)45-16-25(40)37-19-6-4-3-5-7-19)26-27-21-15-22(30(27)46-32-31(26)47-35(43)38-32)29-28(21)33(41)39(34(29)42)20-11-9-18(36)10-12-20/h3-14,21-22,26-30H,2,15-16H2,1H3,(H,37,40)(H,38,43)/t21-,22-,26-,27?,28?,29?,30?/m1/s1. The highest BCUT2D eigenvalue weighted by Crippen LogP contribution is 2.68. The summed E-state index contributed by atoms with van der Waals surface area (Å²) in [5.74, 6) is -0.637. The zero-order valence-electron chi connectivity index (χ0n) is 25.2. The van der Waals surface area contributed by atoms with Crippen molar-refractivity contribution in [3.05, 3.63) is 97.9 Å². The normalized spacial score (nSPS) is 26.9. The van der Waals surface area contributed by atoms with Gasteiger partial charge in [-0.25, -0.2) is 0 Å². The van der Waals surface area contributed by atoms with Gasteiger partial charge in [0.25, 0.3) is 5.91 Å². The molecule has 240 valence electrons. The Kier molecular flexibility index (Phi) is 7.65. The number of para-hydroxylation sites is 1. The van der Waals surface area contributed by atoms with Gasteiger partial charge in [-0.2, -0.15) is 0 Å². The molecule has 2 N–H and O–H groups in total. The molecule has 1 saturated heterocycles. The number of H-pyrrole nitrogens is 1. The predicted octanol–water partition coefficient (Wildman–Crippen LogP) is 6.18. The van der Waals surface area contributed by atoms with Crippen molar-refractivity contribution in [3.63, 3.8) is 0 Å². The molecule has 4 aliphatic rings. The molecule has 2 aliphatic carbocycles. The van der Waals surface area contributed by atoms with Gasteiger partial charge in [-0.1, -0.05) is 47.2 Å². The molecule has 47 heavy (non-hydrogen) atoms. The van der Waals surface area contributed by atoms with Crippen LogP contribution in [0.3, 0.4) is 0 Å². The van der Waals surface area contributed by atoms with E-state index >= 15 is 0 Å². The Labute approximate surface area is 283 Å². The number of carbonyl (C=O) groups excluding carboxylic acids is 3. The highest BCUT2D eigenvalue weighted by Gasteiger charge is 2.69. The third-order valence-electron chi connectivity index (χ3n) is 9.85. The van der Waals surface area contributed by atoms with E-state index in [1.54, 1.807) is 48.2 Å². The minimum Gasteiger partial charge on any atom is -0.490 e. The smallest absolute Gasteiger partial charge is 0.305 e. The van der Waals surface area contributed by atoms with Crippen molar-refractivity contribution in [3.8, 4) is 11.5 Å². The van der Waals surface area contributed by atoms with Crippen molar-refractivity contribution in [1.29, 1.82) is 0 Å². The number of ether oxygens (including phenoxy) is 2. The van der Waals surface area contributed by atoms with Gasteiger partial charge in [-0.15, -0.1) is 11.8 Å². The lowest BCUT2D eigenvalue weighted by Crippen LogP contribution is -2.42. The second-order valence-corrected chi connectivity index (χ2v) is 14.9. The molecule has 3 amide bonds. The fourth-order valence-electron chi connectivity index (χ4n) is 8.20. The number of rotatable bonds is 8. The number of aromatic amines is 1. The third-order valence-corrected chi connectivity index (χ3v) is 12.7. The van der Waals surface area contributed by atoms with Crippen LogP contribution >= 0.6 is 34.7 Å². The third kappa shape index (κ3) is 5.06. The Balaban J connectivity index is 1.11. The molecule has 3 fully saturated rings. The molecule has 8 rings (SSSR count). The summed E-state index contributed by atoms with van der Waals surface area (Å²) in [6.45, 7) is 2.07. The second kappa shape index (κ2) is 11.9. The van der Waals surface area contributed by atoms with Crippen LogP contribution in [-0.2, 0) is 14.4 Å². The van der Waals surface area contributed by atoms with Crippen molar-refractivity contribution >= 4 is 63.8 Å². The lowest BCUT2D eigenvalue weighted by molar-refractivity contribution is -0.123. The molecule has 4 unspecified atom stereocenters. The Morgan fingerprint density at radius 3 is 2.45 bits per heavy atom. The van der Waals surface area contributed by atoms with Gasteiger partial charge in [0.15, 0.2) is 18.1 Å². The summed E-state index contributed by atoms with van der Waals surface area (Å²) in [6, 6.07) is 21.7. The summed E-state index contributed by atoms with van der Waals surface area (Å²) in [5, 5.41) is 4.25. The summed E-state index contributed by atoms with van der Waals surface area (Å²) in [5.41, 5.74) is 2.17. The van der Waals surface area contributed by atoms with E-state index in [0.717, 1.165) is 21.9 Å². The Bertz CT molecular complexity index is 1950. The molecule has 1 aromatic heterocycles. The maximum atomic E-state index is 14.0. The van der Waals surface area contributed by atoms with Crippen LogP contribution in [0, 0.1) is 29.6 Å². The van der Waals surface area contributed by atoms with Crippen LogP contribution in [0.2, 0.25) is 5.02 Å². The Morgan fingerprint density at radius 1 is 0.957 bits per heavy atom. The number of nitrogens with zero attached hydrogens (tertiary/aromatic N) is 1. The molecule has 12 heteroatoms. The lowest BCUT2D eigenvalue weighted by atomic mass is 9.68. The average molecular weight is 688 g/mol. The van der Waals surface area contributed by atoms with Gasteiger partial charge < -0.3 is 19.8 Å². The van der Waals surface area contributed by atoms with E-state index in [9.17, 15) is 19.2 Å². The van der Waals surface area contributed by atoms with E-state index in [1.165, 1.54) is 16.2 Å². The molecule has 7 atom stereocenters. The van der Waals surface area contributed by atoms with Gasteiger partial charge >= 0.3 is 4.87 Å². The summed E-state index contributed by atoms with van der Waals surface area (Å²) in [6.07, 6.45) is 0.787. The van der Waals surface area contributed by atoms with E-state index < -0.39 is 5.92 Å². The van der Waals surface area contributed by atoms with E-state index in [2.05, 4.69) is 10.3 Å². The van der Waals surface area contributed by atoms with Crippen molar-refractivity contribution < 1.29 is 23.9 Å². The van der Waals surface area contributed by atoms with Crippen LogP contribution in [0.4, 0.5) is 11.4 Å². The second-order valence-electron chi connectivity index (χ2n) is 12.3. The summed E-state index contributed by atoms with van der Waals surface area (Å²) < 4.78 is 11.9. The summed E-state index contributed by atoms with van der Waals surface area (Å²) in [4.78, 5) is 58.4. The fraction of sp³-hybridized carbons (Fsp3) is 0.314. The Hall–Kier alpha value is -4.06. The quantitative estimate of drug-likeness (QED) is 0.212. The predicted molar refractivity (Wildman–Crippen MR) is 181 cm³/mol. The van der Waals surface area contributed by atoms with Gasteiger partial charge in [0.05, 0.1) is 29.2 Å². The van der Waals surface area contributed by atoms with Crippen LogP contribution < -0.4 is 24.6 Å². The Morgan fingerprint density at radius 2 is 1.70 bits per heavy atom. The zero-order valence-corrected chi connectivity index (χ0v) is 27.6. The molecule has 2 saturated carbocycles. The molecule has 9 nitrogen and oxygen atoms in total. The molecule has 4 aromatic rings. The van der Waals surface area contributed by atoms with Gasteiger partial charge in [0.1, 0.15) is 0 Å². The first-order chi connectivity index (χ1) is 22.8. The number of halogens is 1. The van der Waals surface area contributed by atoms with Crippen LogP contribution in [0.15, 0.2) is 82.6 Å². The monoisotopic (exact) mass is 687 g/mol. The number of amides is 3. The first-order valence-corrected chi connectivity index (χ1v) is 17.7. The van der Waals surface area contributed by atoms with Crippen LogP contribution in [0.1, 0.15) is 29.7 Å². The number of nitrogens with one attached hydrogen (secondary N) is 2. The first-order valence-electron chi connectivity index (χ1n) is 15.6. The number of thiazole rings is 1. The van der Waals surface area contributed by atoms with Gasteiger partial charge in [0, 0.05) is 26.8 Å². The number of imide groups is 1. The summed E-state index contributed by atoms with van der Waals surface area (Å²) in [7, 11) is 0. The highest BCUT2D eigenvalue weighted by atomic mass is 35.5. The maximum Gasteiger partial charge on any atom is 0.305 e. The molecule has 0 radical (unpaired) electrons. The number of benzene rings is 3. The van der Waals surface area contributed by atoms with Crippen LogP contribution in [-0.4, -0.2) is 41.2 Å². The SMILES string of the molecule is CCOc1cc([C@H]2c3sc(=O)[nH]c3SC3C2[C@H]2C[C@@H]3C3C(=O)N(c4ccc(Cl)cc4)C(=O)C32)ccc1OCC(=O)Nc1ccccc1. The number of carbonyl (C=O) groups is 3. The minimum atomic E-state index is -0.415. The highest BCUT2D eigenvalue weighted by molar-refractivity contribution is 8.00. The number of thioether (sulfide) groups is 1. The zero-order chi connectivity index (χ0) is 32.4. The number of anilines is 2. The number of aromatic nitrogens is 1. The number of hydrogen-bond acceptors (Lipinski definition) is 8. The summed E-state index contributed by atoms with van der Waals surface area (Å²) >= 11 is 8.94. The van der Waals surface area contributed by atoms with Crippen molar-refractivity contribution in [2.75, 3.05) is 23.4 Å². The molecule has 2 bridgehead atoms.